The molecule has 7 nitrogen and oxygen atoms in total. The van der Waals surface area contributed by atoms with Crippen LogP contribution in [-0.2, 0) is 31.1 Å². The summed E-state index contributed by atoms with van der Waals surface area (Å²) in [6.45, 7) is 1.92. The summed E-state index contributed by atoms with van der Waals surface area (Å²) < 4.78 is 55.8. The lowest BCUT2D eigenvalue weighted by molar-refractivity contribution is 0.0526. The first-order valence-electron chi connectivity index (χ1n) is 7.70. The monoisotopic (exact) mass is 397 g/mol. The second kappa shape index (κ2) is 7.98. The van der Waals surface area contributed by atoms with Gasteiger partial charge in [-0.3, -0.25) is 0 Å². The van der Waals surface area contributed by atoms with Gasteiger partial charge in [0.25, 0.3) is 0 Å². The smallest absolute Gasteiger partial charge is 0.338 e. The van der Waals surface area contributed by atoms with Crippen LogP contribution in [0.4, 0.5) is 0 Å². The van der Waals surface area contributed by atoms with E-state index >= 15 is 0 Å². The van der Waals surface area contributed by atoms with Crippen molar-refractivity contribution in [1.29, 1.82) is 0 Å². The molecule has 0 fully saturated rings. The third kappa shape index (κ3) is 4.90. The first-order chi connectivity index (χ1) is 12.1. The minimum atomic E-state index is -4.03. The Bertz CT molecular complexity index is 996. The minimum Gasteiger partial charge on any atom is -0.462 e. The first kappa shape index (κ1) is 20.1. The van der Waals surface area contributed by atoms with Gasteiger partial charge < -0.3 is 4.74 Å². The maximum absolute atomic E-state index is 12.5. The summed E-state index contributed by atoms with van der Waals surface area (Å²) in [6, 6.07) is 11.7. The van der Waals surface area contributed by atoms with Crippen LogP contribution in [0.2, 0.25) is 0 Å². The summed E-state index contributed by atoms with van der Waals surface area (Å²) in [5, 5.41) is 0. The number of nitrogens with one attached hydrogen (secondary N) is 1. The molecule has 140 valence electrons. The second-order valence-electron chi connectivity index (χ2n) is 5.46. The third-order valence-corrected chi connectivity index (χ3v) is 6.21. The van der Waals surface area contributed by atoms with E-state index in [0.717, 1.165) is 6.26 Å². The van der Waals surface area contributed by atoms with Crippen molar-refractivity contribution >= 4 is 25.8 Å². The van der Waals surface area contributed by atoms with E-state index in [1.54, 1.807) is 19.1 Å². The minimum absolute atomic E-state index is 0.0520. The average molecular weight is 397 g/mol. The summed E-state index contributed by atoms with van der Waals surface area (Å²) >= 11 is 0. The predicted octanol–water partition coefficient (Wildman–Crippen LogP) is 1.75. The molecule has 0 bridgehead atoms. The Morgan fingerprint density at radius 2 is 1.54 bits per heavy atom. The lowest BCUT2D eigenvalue weighted by Gasteiger charge is -2.10. The van der Waals surface area contributed by atoms with E-state index in [1.165, 1.54) is 36.4 Å². The highest BCUT2D eigenvalue weighted by molar-refractivity contribution is 7.93. The van der Waals surface area contributed by atoms with Gasteiger partial charge >= 0.3 is 5.97 Å². The Morgan fingerprint density at radius 1 is 0.962 bits per heavy atom. The third-order valence-electron chi connectivity index (χ3n) is 3.47. The number of benzene rings is 2. The molecular formula is C17H19NO6S2. The first-order valence-corrected chi connectivity index (χ1v) is 11.1. The summed E-state index contributed by atoms with van der Waals surface area (Å²) in [5.41, 5.74) is 0.972. The Kier molecular flexibility index (Phi) is 6.17. The Morgan fingerprint density at radius 3 is 2.08 bits per heavy atom. The second-order valence-corrected chi connectivity index (χ2v) is 9.18. The number of ether oxygens (including phenoxy) is 1. The number of hydrogen-bond donors (Lipinski definition) is 1. The van der Waals surface area contributed by atoms with Gasteiger partial charge in [-0.2, -0.15) is 0 Å². The molecule has 2 aromatic carbocycles. The number of hydrogen-bond acceptors (Lipinski definition) is 6. The van der Waals surface area contributed by atoms with Crippen molar-refractivity contribution in [2.75, 3.05) is 12.9 Å². The maximum atomic E-state index is 12.5. The zero-order valence-electron chi connectivity index (χ0n) is 14.3. The van der Waals surface area contributed by atoms with Gasteiger partial charge in [-0.05, 0) is 36.8 Å². The summed E-state index contributed by atoms with van der Waals surface area (Å²) in [7, 11) is -7.72. The average Bonchev–Trinajstić information content (AvgIpc) is 2.60. The predicted molar refractivity (Wildman–Crippen MR) is 96.0 cm³/mol. The fraction of sp³-hybridized carbons (Fsp3) is 0.235. The SMILES string of the molecule is CCOC(=O)c1ccc(CNS(=O)(=O)c2ccccc2S(C)(=O)=O)cc1. The topological polar surface area (TPSA) is 107 Å². The summed E-state index contributed by atoms with van der Waals surface area (Å²) in [4.78, 5) is 11.0. The number of esters is 1. The van der Waals surface area contributed by atoms with E-state index in [4.69, 9.17) is 4.74 Å². The van der Waals surface area contributed by atoms with Crippen LogP contribution in [0.25, 0.3) is 0 Å². The molecule has 26 heavy (non-hydrogen) atoms. The Hall–Kier alpha value is -2.23. The molecular weight excluding hydrogens is 378 g/mol. The van der Waals surface area contributed by atoms with Crippen LogP contribution in [0, 0.1) is 0 Å². The van der Waals surface area contributed by atoms with Crippen LogP contribution in [0.15, 0.2) is 58.3 Å². The van der Waals surface area contributed by atoms with Crippen molar-refractivity contribution in [3.05, 3.63) is 59.7 Å². The van der Waals surface area contributed by atoms with Crippen LogP contribution in [0.5, 0.6) is 0 Å². The zero-order valence-corrected chi connectivity index (χ0v) is 15.9. The molecule has 1 N–H and O–H groups in total. The Labute approximate surface area is 153 Å². The van der Waals surface area contributed by atoms with E-state index in [1.807, 2.05) is 0 Å². The fourth-order valence-corrected chi connectivity index (χ4v) is 4.85. The normalized spacial score (nSPS) is 11.9. The molecule has 0 saturated heterocycles. The molecule has 2 rings (SSSR count). The summed E-state index contributed by atoms with van der Waals surface area (Å²) in [6.07, 6.45) is 0.954. The number of sulfone groups is 1. The van der Waals surface area contributed by atoms with E-state index in [-0.39, 0.29) is 22.9 Å². The molecule has 9 heteroatoms. The standard InChI is InChI=1S/C17H19NO6S2/c1-3-24-17(19)14-10-8-13(9-11-14)12-18-26(22,23)16-7-5-4-6-15(16)25(2,20)21/h4-11,18H,3,12H2,1-2H3. The van der Waals surface area contributed by atoms with Gasteiger partial charge in [0.2, 0.25) is 10.0 Å². The van der Waals surface area contributed by atoms with E-state index in [2.05, 4.69) is 4.72 Å². The molecule has 0 saturated carbocycles. The molecule has 0 aliphatic carbocycles. The molecule has 0 aliphatic heterocycles. The highest BCUT2D eigenvalue weighted by atomic mass is 32.2. The molecule has 0 amide bonds. The van der Waals surface area contributed by atoms with Crippen molar-refractivity contribution in [2.24, 2.45) is 0 Å². The van der Waals surface area contributed by atoms with Crippen LogP contribution in [0.3, 0.4) is 0 Å². The molecule has 0 aliphatic rings. The molecule has 0 radical (unpaired) electrons. The molecule has 2 aromatic rings. The van der Waals surface area contributed by atoms with E-state index in [0.29, 0.717) is 11.1 Å². The van der Waals surface area contributed by atoms with Crippen molar-refractivity contribution in [3.8, 4) is 0 Å². The van der Waals surface area contributed by atoms with Crippen molar-refractivity contribution < 1.29 is 26.4 Å². The van der Waals surface area contributed by atoms with Crippen LogP contribution in [-0.4, -0.2) is 35.7 Å². The van der Waals surface area contributed by atoms with Crippen molar-refractivity contribution in [1.82, 2.24) is 4.72 Å². The molecule has 0 atom stereocenters. The molecule has 0 spiro atoms. The number of carbonyl (C=O) groups excluding carboxylic acids is 1. The van der Waals surface area contributed by atoms with Gasteiger partial charge in [0, 0.05) is 12.8 Å². The Balaban J connectivity index is 2.18. The fourth-order valence-electron chi connectivity index (χ4n) is 2.21. The zero-order chi connectivity index (χ0) is 19.4. The largest absolute Gasteiger partial charge is 0.462 e. The van der Waals surface area contributed by atoms with Crippen molar-refractivity contribution in [2.45, 2.75) is 23.3 Å². The summed E-state index contributed by atoms with van der Waals surface area (Å²) in [5.74, 6) is -0.457. The van der Waals surface area contributed by atoms with E-state index < -0.39 is 25.8 Å². The van der Waals surface area contributed by atoms with Crippen LogP contribution >= 0.6 is 0 Å². The van der Waals surface area contributed by atoms with Gasteiger partial charge in [-0.25, -0.2) is 26.4 Å². The van der Waals surface area contributed by atoms with Gasteiger partial charge in [-0.1, -0.05) is 24.3 Å². The number of carbonyl (C=O) groups is 1. The number of rotatable bonds is 7. The highest BCUT2D eigenvalue weighted by Crippen LogP contribution is 2.20. The highest BCUT2D eigenvalue weighted by Gasteiger charge is 2.23. The van der Waals surface area contributed by atoms with Gasteiger partial charge in [0.15, 0.2) is 9.84 Å². The van der Waals surface area contributed by atoms with Gasteiger partial charge in [0.05, 0.1) is 17.1 Å². The molecule has 0 aromatic heterocycles. The lowest BCUT2D eigenvalue weighted by Crippen LogP contribution is -2.25. The van der Waals surface area contributed by atoms with Crippen molar-refractivity contribution in [3.63, 3.8) is 0 Å². The lowest BCUT2D eigenvalue weighted by atomic mass is 10.1. The van der Waals surface area contributed by atoms with Crippen LogP contribution in [0.1, 0.15) is 22.8 Å². The molecule has 0 heterocycles. The van der Waals surface area contributed by atoms with Gasteiger partial charge in [-0.15, -0.1) is 0 Å². The number of sulfonamides is 1. The molecule has 0 unspecified atom stereocenters. The van der Waals surface area contributed by atoms with Gasteiger partial charge in [0.1, 0.15) is 4.90 Å². The van der Waals surface area contributed by atoms with E-state index in [9.17, 15) is 21.6 Å². The quantitative estimate of drug-likeness (QED) is 0.714. The maximum Gasteiger partial charge on any atom is 0.338 e. The van der Waals surface area contributed by atoms with Crippen LogP contribution < -0.4 is 4.72 Å².